The normalized spacial score (nSPS) is 11.7. The third-order valence-corrected chi connectivity index (χ3v) is 4.84. The van der Waals surface area contributed by atoms with Gasteiger partial charge < -0.3 is 9.15 Å². The minimum Gasteiger partial charge on any atom is -0.456 e. The average Bonchev–Trinajstić information content (AvgIpc) is 3.19. The Balaban J connectivity index is 1.48. The van der Waals surface area contributed by atoms with Crippen molar-refractivity contribution in [3.63, 3.8) is 0 Å². The summed E-state index contributed by atoms with van der Waals surface area (Å²) >= 11 is 0. The zero-order valence-corrected chi connectivity index (χ0v) is 16.4. The maximum absolute atomic E-state index is 9.69. The van der Waals surface area contributed by atoms with Gasteiger partial charge in [-0.05, 0) is 48.0 Å². The first kappa shape index (κ1) is 18.8. The zero-order chi connectivity index (χ0) is 21.0. The lowest BCUT2D eigenvalue weighted by Crippen LogP contribution is -2.21. The highest BCUT2D eigenvalue weighted by Crippen LogP contribution is 2.33. The second kappa shape index (κ2) is 8.25. The fraction of sp³-hybridized carbons (Fsp3) is 0.0417. The summed E-state index contributed by atoms with van der Waals surface area (Å²) in [6.45, 7) is 0.345. The van der Waals surface area contributed by atoms with Gasteiger partial charge in [-0.3, -0.25) is 20.7 Å². The third kappa shape index (κ3) is 3.82. The smallest absolute Gasteiger partial charge is 0.230 e. The number of nitrogens with one attached hydrogen (secondary N) is 1. The molecule has 31 heavy (non-hydrogen) atoms. The van der Waals surface area contributed by atoms with Crippen molar-refractivity contribution in [2.24, 2.45) is 4.99 Å². The minimum atomic E-state index is 0.252. The van der Waals surface area contributed by atoms with E-state index in [1.165, 1.54) is 0 Å². The first-order valence-electron chi connectivity index (χ1n) is 9.70. The van der Waals surface area contributed by atoms with Gasteiger partial charge in [0, 0.05) is 29.4 Å². The molecule has 0 saturated carbocycles. The van der Waals surface area contributed by atoms with Crippen LogP contribution in [0.25, 0.3) is 21.9 Å². The van der Waals surface area contributed by atoms with Crippen LogP contribution in [0.4, 0.5) is 0 Å². The van der Waals surface area contributed by atoms with E-state index in [1.54, 1.807) is 30.7 Å². The van der Waals surface area contributed by atoms with Crippen molar-refractivity contribution >= 4 is 27.8 Å². The molecule has 2 aromatic carbocycles. The average molecular weight is 410 g/mol. The van der Waals surface area contributed by atoms with Crippen LogP contribution < -0.4 is 10.2 Å². The van der Waals surface area contributed by atoms with Gasteiger partial charge in [-0.2, -0.15) is 0 Å². The van der Waals surface area contributed by atoms with Crippen molar-refractivity contribution in [2.45, 2.75) is 6.54 Å². The molecule has 3 heterocycles. The molecule has 0 aliphatic rings. The number of amidine groups is 1. The SMILES string of the molecule is ONC(=NCc1cccnc1)c1cccnc1Oc1ccc2oc3ccccc3c2c1. The summed E-state index contributed by atoms with van der Waals surface area (Å²) in [5.41, 5.74) is 5.21. The highest BCUT2D eigenvalue weighted by Gasteiger charge is 2.14. The molecule has 7 heteroatoms. The molecule has 0 fully saturated rings. The van der Waals surface area contributed by atoms with Crippen molar-refractivity contribution in [1.29, 1.82) is 0 Å². The van der Waals surface area contributed by atoms with Crippen LogP contribution in [0, 0.1) is 0 Å². The number of nitrogens with zero attached hydrogens (tertiary/aromatic N) is 3. The predicted molar refractivity (Wildman–Crippen MR) is 117 cm³/mol. The van der Waals surface area contributed by atoms with Crippen molar-refractivity contribution in [2.75, 3.05) is 0 Å². The van der Waals surface area contributed by atoms with Crippen LogP contribution >= 0.6 is 0 Å². The Morgan fingerprint density at radius 3 is 2.71 bits per heavy atom. The summed E-state index contributed by atoms with van der Waals surface area (Å²) in [5.74, 6) is 1.17. The Kier molecular flexibility index (Phi) is 5.00. The van der Waals surface area contributed by atoms with E-state index in [-0.39, 0.29) is 5.84 Å². The lowest BCUT2D eigenvalue weighted by Gasteiger charge is -2.11. The van der Waals surface area contributed by atoms with Gasteiger partial charge in [0.15, 0.2) is 5.84 Å². The number of aliphatic imine (C=N–C) groups is 1. The van der Waals surface area contributed by atoms with Gasteiger partial charge in [-0.25, -0.2) is 4.98 Å². The Morgan fingerprint density at radius 1 is 0.968 bits per heavy atom. The molecule has 3 aromatic heterocycles. The molecular formula is C24H18N4O3. The van der Waals surface area contributed by atoms with Gasteiger partial charge in [-0.15, -0.1) is 0 Å². The molecule has 0 bridgehead atoms. The van der Waals surface area contributed by atoms with Crippen molar-refractivity contribution < 1.29 is 14.4 Å². The fourth-order valence-corrected chi connectivity index (χ4v) is 3.38. The van der Waals surface area contributed by atoms with Gasteiger partial charge in [0.05, 0.1) is 12.1 Å². The summed E-state index contributed by atoms with van der Waals surface area (Å²) in [6.07, 6.45) is 5.05. The number of hydrogen-bond acceptors (Lipinski definition) is 6. The fourth-order valence-electron chi connectivity index (χ4n) is 3.38. The van der Waals surface area contributed by atoms with E-state index in [9.17, 15) is 5.21 Å². The summed E-state index contributed by atoms with van der Waals surface area (Å²) in [6, 6.07) is 20.7. The monoisotopic (exact) mass is 410 g/mol. The highest BCUT2D eigenvalue weighted by molar-refractivity contribution is 6.05. The second-order valence-corrected chi connectivity index (χ2v) is 6.85. The van der Waals surface area contributed by atoms with Gasteiger partial charge in [0.1, 0.15) is 16.9 Å². The number of furan rings is 1. The van der Waals surface area contributed by atoms with Crippen LogP contribution in [0.5, 0.6) is 11.6 Å². The Labute approximate surface area is 177 Å². The van der Waals surface area contributed by atoms with Crippen molar-refractivity contribution in [1.82, 2.24) is 15.4 Å². The predicted octanol–water partition coefficient (Wildman–Crippen LogP) is 5.09. The summed E-state index contributed by atoms with van der Waals surface area (Å²) in [5, 5.41) is 11.7. The number of benzene rings is 2. The van der Waals surface area contributed by atoms with Gasteiger partial charge in [-0.1, -0.05) is 24.3 Å². The van der Waals surface area contributed by atoms with Gasteiger partial charge in [0.25, 0.3) is 0 Å². The van der Waals surface area contributed by atoms with Crippen molar-refractivity contribution in [3.8, 4) is 11.6 Å². The molecule has 0 aliphatic carbocycles. The molecule has 5 rings (SSSR count). The van der Waals surface area contributed by atoms with E-state index in [0.29, 0.717) is 23.7 Å². The number of fused-ring (bicyclic) bond motifs is 3. The Bertz CT molecular complexity index is 1380. The number of rotatable bonds is 5. The summed E-state index contributed by atoms with van der Waals surface area (Å²) < 4.78 is 11.9. The van der Waals surface area contributed by atoms with Crippen LogP contribution in [0.3, 0.4) is 0 Å². The first-order chi connectivity index (χ1) is 15.3. The molecule has 0 radical (unpaired) electrons. The topological polar surface area (TPSA) is 92.8 Å². The maximum atomic E-state index is 9.69. The number of para-hydroxylation sites is 1. The molecule has 7 nitrogen and oxygen atoms in total. The number of aromatic nitrogens is 2. The number of pyridine rings is 2. The Morgan fingerprint density at radius 2 is 1.84 bits per heavy atom. The zero-order valence-electron chi connectivity index (χ0n) is 16.4. The molecule has 0 saturated heterocycles. The van der Waals surface area contributed by atoms with E-state index in [2.05, 4.69) is 20.4 Å². The molecular weight excluding hydrogens is 392 g/mol. The van der Waals surface area contributed by atoms with Gasteiger partial charge >= 0.3 is 0 Å². The van der Waals surface area contributed by atoms with Crippen LogP contribution in [-0.2, 0) is 6.54 Å². The molecule has 0 unspecified atom stereocenters. The molecule has 0 atom stereocenters. The van der Waals surface area contributed by atoms with Crippen LogP contribution in [-0.4, -0.2) is 21.0 Å². The summed E-state index contributed by atoms with van der Waals surface area (Å²) in [7, 11) is 0. The quantitative estimate of drug-likeness (QED) is 0.238. The molecule has 5 aromatic rings. The molecule has 0 aliphatic heterocycles. The van der Waals surface area contributed by atoms with E-state index < -0.39 is 0 Å². The molecule has 152 valence electrons. The molecule has 0 amide bonds. The highest BCUT2D eigenvalue weighted by atomic mass is 16.5. The number of ether oxygens (including phenoxy) is 1. The van der Waals surface area contributed by atoms with Crippen molar-refractivity contribution in [3.05, 3.63) is 96.4 Å². The number of hydroxylamine groups is 1. The van der Waals surface area contributed by atoms with E-state index in [4.69, 9.17) is 9.15 Å². The molecule has 0 spiro atoms. The van der Waals surface area contributed by atoms with Crippen LogP contribution in [0.2, 0.25) is 0 Å². The summed E-state index contributed by atoms with van der Waals surface area (Å²) in [4.78, 5) is 12.9. The largest absolute Gasteiger partial charge is 0.456 e. The second-order valence-electron chi connectivity index (χ2n) is 6.85. The van der Waals surface area contributed by atoms with E-state index in [1.807, 2.05) is 54.6 Å². The first-order valence-corrected chi connectivity index (χ1v) is 9.70. The van der Waals surface area contributed by atoms with Crippen LogP contribution in [0.1, 0.15) is 11.1 Å². The maximum Gasteiger partial charge on any atom is 0.230 e. The van der Waals surface area contributed by atoms with Crippen LogP contribution in [0.15, 0.2) is 94.7 Å². The lowest BCUT2D eigenvalue weighted by molar-refractivity contribution is 0.234. The standard InChI is InChI=1S/C24H18N4O3/c29-28-23(27-15-16-5-3-11-25-14-16)19-7-4-12-26-24(19)30-17-9-10-22-20(13-17)18-6-1-2-8-21(18)31-22/h1-14,29H,15H2,(H,27,28). The minimum absolute atomic E-state index is 0.252. The lowest BCUT2D eigenvalue weighted by atomic mass is 10.1. The molecule has 2 N–H and O–H groups in total. The van der Waals surface area contributed by atoms with E-state index >= 15 is 0 Å². The van der Waals surface area contributed by atoms with Gasteiger partial charge in [0.2, 0.25) is 5.88 Å². The number of hydrogen-bond donors (Lipinski definition) is 2. The Hall–Kier alpha value is -4.23. The van der Waals surface area contributed by atoms with E-state index in [0.717, 1.165) is 27.5 Å². The third-order valence-electron chi connectivity index (χ3n) is 4.84.